The fraction of sp³-hybridized carbons (Fsp3) is 0.500. The van der Waals surface area contributed by atoms with Gasteiger partial charge in [-0.25, -0.2) is 12.8 Å². The Morgan fingerprint density at radius 3 is 2.12 bits per heavy atom. The number of rotatable bonds is 6. The molecule has 2 rings (SSSR count). The van der Waals surface area contributed by atoms with E-state index in [4.69, 9.17) is 9.47 Å². The van der Waals surface area contributed by atoms with Crippen molar-refractivity contribution in [3.63, 3.8) is 0 Å². The van der Waals surface area contributed by atoms with Crippen molar-refractivity contribution in [3.05, 3.63) is 35.6 Å². The van der Waals surface area contributed by atoms with E-state index in [2.05, 4.69) is 0 Å². The van der Waals surface area contributed by atoms with Gasteiger partial charge >= 0.3 is 11.9 Å². The topological polar surface area (TPSA) is 86.7 Å². The van der Waals surface area contributed by atoms with Gasteiger partial charge in [0.1, 0.15) is 5.82 Å². The highest BCUT2D eigenvalue weighted by Gasteiger charge is 2.81. The van der Waals surface area contributed by atoms with Crippen LogP contribution in [0, 0.1) is 11.2 Å². The molecule has 0 aliphatic heterocycles. The summed E-state index contributed by atoms with van der Waals surface area (Å²) >= 11 is 0. The van der Waals surface area contributed by atoms with Crippen molar-refractivity contribution in [3.8, 4) is 0 Å². The van der Waals surface area contributed by atoms with Crippen molar-refractivity contribution in [1.29, 1.82) is 0 Å². The first-order valence-corrected chi connectivity index (χ1v) is 9.45. The van der Waals surface area contributed by atoms with Gasteiger partial charge in [0.05, 0.1) is 18.5 Å². The van der Waals surface area contributed by atoms with Crippen LogP contribution in [0.25, 0.3) is 0 Å². The predicted molar refractivity (Wildman–Crippen MR) is 83.5 cm³/mol. The predicted octanol–water partition coefficient (Wildman–Crippen LogP) is 1.45. The molecular weight excluding hydrogens is 339 g/mol. The van der Waals surface area contributed by atoms with Gasteiger partial charge < -0.3 is 9.47 Å². The Balaban J connectivity index is 2.61. The molecule has 24 heavy (non-hydrogen) atoms. The molecule has 1 saturated carbocycles. The average Bonchev–Trinajstić information content (AvgIpc) is 3.19. The van der Waals surface area contributed by atoms with E-state index in [0.717, 1.165) is 12.3 Å². The van der Waals surface area contributed by atoms with Crippen LogP contribution in [-0.4, -0.2) is 45.1 Å². The van der Waals surface area contributed by atoms with Crippen LogP contribution in [0.4, 0.5) is 4.39 Å². The summed E-state index contributed by atoms with van der Waals surface area (Å²) in [5.74, 6) is -3.56. The molecule has 132 valence electrons. The molecule has 0 N–H and O–H groups in total. The molecular formula is C16H19FO6S. The summed E-state index contributed by atoms with van der Waals surface area (Å²) in [5.41, 5.74) is -1.75. The molecule has 1 aliphatic rings. The van der Waals surface area contributed by atoms with Gasteiger partial charge in [0.2, 0.25) is 0 Å². The van der Waals surface area contributed by atoms with Gasteiger partial charge in [-0.2, -0.15) is 0 Å². The zero-order valence-electron chi connectivity index (χ0n) is 13.6. The molecule has 1 fully saturated rings. The summed E-state index contributed by atoms with van der Waals surface area (Å²) in [7, 11) is -3.80. The summed E-state index contributed by atoms with van der Waals surface area (Å²) in [4.78, 5) is 25.0. The summed E-state index contributed by atoms with van der Waals surface area (Å²) in [6.45, 7) is 3.05. The molecule has 2 atom stereocenters. The summed E-state index contributed by atoms with van der Waals surface area (Å²) in [5, 5.41) is -1.34. The van der Waals surface area contributed by atoms with E-state index in [-0.39, 0.29) is 18.8 Å². The van der Waals surface area contributed by atoms with Gasteiger partial charge in [0, 0.05) is 12.2 Å². The van der Waals surface area contributed by atoms with Crippen LogP contribution in [0.3, 0.4) is 0 Å². The van der Waals surface area contributed by atoms with Gasteiger partial charge in [-0.15, -0.1) is 0 Å². The Kier molecular flexibility index (Phi) is 4.98. The molecule has 0 spiro atoms. The number of benzene rings is 1. The lowest BCUT2D eigenvalue weighted by atomic mass is 9.99. The van der Waals surface area contributed by atoms with Crippen molar-refractivity contribution in [2.75, 3.05) is 19.5 Å². The number of esters is 2. The minimum atomic E-state index is -3.80. The van der Waals surface area contributed by atoms with Gasteiger partial charge in [0.15, 0.2) is 15.3 Å². The molecule has 1 aromatic carbocycles. The standard InChI is InChI=1S/C16H19FO6S/c1-4-22-14(18)16(15(19)23-5-2)12(13(16)24(3,20)21)10-7-6-8-11(17)9-10/h6-9,12-13H,4-5H2,1-3H3/t12-,13-/m1/s1. The number of halogens is 1. The first-order chi connectivity index (χ1) is 11.2. The average molecular weight is 358 g/mol. The van der Waals surface area contributed by atoms with Gasteiger partial charge in [-0.1, -0.05) is 12.1 Å². The molecule has 0 amide bonds. The van der Waals surface area contributed by atoms with Gasteiger partial charge in [-0.05, 0) is 31.5 Å². The van der Waals surface area contributed by atoms with Crippen LogP contribution in [0.15, 0.2) is 24.3 Å². The third-order valence-corrected chi connectivity index (χ3v) is 5.59. The number of ether oxygens (including phenoxy) is 2. The zero-order valence-corrected chi connectivity index (χ0v) is 14.4. The minimum absolute atomic E-state index is 0.0215. The van der Waals surface area contributed by atoms with E-state index >= 15 is 0 Å². The number of hydrogen-bond acceptors (Lipinski definition) is 6. The Bertz CT molecular complexity index is 740. The number of hydrogen-bond donors (Lipinski definition) is 0. The molecule has 0 saturated heterocycles. The van der Waals surface area contributed by atoms with E-state index in [1.807, 2.05) is 0 Å². The molecule has 0 radical (unpaired) electrons. The molecule has 1 aliphatic carbocycles. The molecule has 1 aromatic rings. The van der Waals surface area contributed by atoms with E-state index < -0.39 is 44.2 Å². The van der Waals surface area contributed by atoms with Crippen LogP contribution >= 0.6 is 0 Å². The van der Waals surface area contributed by atoms with Crippen molar-refractivity contribution >= 4 is 21.8 Å². The molecule has 8 heteroatoms. The highest BCUT2D eigenvalue weighted by atomic mass is 32.2. The third-order valence-electron chi connectivity index (χ3n) is 4.03. The van der Waals surface area contributed by atoms with Crippen molar-refractivity contribution in [1.82, 2.24) is 0 Å². The smallest absolute Gasteiger partial charge is 0.325 e. The highest BCUT2D eigenvalue weighted by molar-refractivity contribution is 7.91. The Morgan fingerprint density at radius 1 is 1.17 bits per heavy atom. The van der Waals surface area contributed by atoms with Crippen LogP contribution in [0.1, 0.15) is 25.3 Å². The SMILES string of the molecule is CCOC(=O)C1(C(=O)OCC)[C@H](c2cccc(F)c2)[C@H]1S(C)(=O)=O. The van der Waals surface area contributed by atoms with Gasteiger partial charge in [0.25, 0.3) is 0 Å². The van der Waals surface area contributed by atoms with Crippen molar-refractivity contribution in [2.24, 2.45) is 5.41 Å². The first kappa shape index (κ1) is 18.4. The molecule has 6 nitrogen and oxygen atoms in total. The summed E-state index contributed by atoms with van der Waals surface area (Å²) in [6.07, 6.45) is 0.935. The maximum Gasteiger partial charge on any atom is 0.325 e. The maximum atomic E-state index is 13.5. The second kappa shape index (κ2) is 6.51. The number of sulfone groups is 1. The normalized spacial score (nSPS) is 21.8. The summed E-state index contributed by atoms with van der Waals surface area (Å²) < 4.78 is 47.8. The molecule has 0 aromatic heterocycles. The lowest BCUT2D eigenvalue weighted by Crippen LogP contribution is -2.35. The second-order valence-corrected chi connectivity index (χ2v) is 7.76. The summed E-state index contributed by atoms with van der Waals surface area (Å²) in [6, 6.07) is 5.18. The number of carbonyl (C=O) groups excluding carboxylic acids is 2. The first-order valence-electron chi connectivity index (χ1n) is 7.50. The highest BCUT2D eigenvalue weighted by Crippen LogP contribution is 2.64. The van der Waals surface area contributed by atoms with E-state index in [9.17, 15) is 22.4 Å². The Morgan fingerprint density at radius 2 is 1.71 bits per heavy atom. The minimum Gasteiger partial charge on any atom is -0.465 e. The largest absolute Gasteiger partial charge is 0.465 e. The maximum absolute atomic E-state index is 13.5. The molecule has 0 unspecified atom stereocenters. The molecule has 0 heterocycles. The quantitative estimate of drug-likeness (QED) is 0.565. The van der Waals surface area contributed by atoms with Crippen molar-refractivity contribution in [2.45, 2.75) is 25.0 Å². The van der Waals surface area contributed by atoms with Crippen LogP contribution in [-0.2, 0) is 28.9 Å². The monoisotopic (exact) mass is 358 g/mol. The fourth-order valence-electron chi connectivity index (χ4n) is 3.15. The number of carbonyl (C=O) groups is 2. The van der Waals surface area contributed by atoms with E-state index in [1.165, 1.54) is 18.2 Å². The fourth-order valence-corrected chi connectivity index (χ4v) is 4.95. The van der Waals surface area contributed by atoms with Crippen molar-refractivity contribution < 1.29 is 31.9 Å². The molecule has 0 bridgehead atoms. The zero-order chi connectivity index (χ0) is 18.1. The van der Waals surface area contributed by atoms with E-state index in [0.29, 0.717) is 0 Å². The Labute approximate surface area is 139 Å². The van der Waals surface area contributed by atoms with Crippen LogP contribution in [0.2, 0.25) is 0 Å². The lowest BCUT2D eigenvalue weighted by molar-refractivity contribution is -0.164. The third kappa shape index (κ3) is 2.90. The second-order valence-electron chi connectivity index (χ2n) is 5.59. The lowest BCUT2D eigenvalue weighted by Gasteiger charge is -2.15. The Hall–Kier alpha value is -1.96. The van der Waals surface area contributed by atoms with Crippen LogP contribution < -0.4 is 0 Å². The van der Waals surface area contributed by atoms with Crippen LogP contribution in [0.5, 0.6) is 0 Å². The van der Waals surface area contributed by atoms with E-state index in [1.54, 1.807) is 13.8 Å². The van der Waals surface area contributed by atoms with Gasteiger partial charge in [-0.3, -0.25) is 9.59 Å².